The molecule has 172 valence electrons. The van der Waals surface area contributed by atoms with Gasteiger partial charge in [0.1, 0.15) is 5.69 Å². The highest BCUT2D eigenvalue weighted by atomic mass is 16.2. The fourth-order valence-electron chi connectivity index (χ4n) is 4.78. The topological polar surface area (TPSA) is 71.7 Å². The molecule has 5 rings (SSSR count). The van der Waals surface area contributed by atoms with E-state index in [1.165, 1.54) is 24.9 Å². The molecule has 0 spiro atoms. The molecular formula is C26H31N5O2. The molecule has 2 fully saturated rings. The van der Waals surface area contributed by atoms with Crippen LogP contribution in [0.4, 0.5) is 11.4 Å². The van der Waals surface area contributed by atoms with Gasteiger partial charge in [-0.25, -0.2) is 0 Å². The Morgan fingerprint density at radius 2 is 1.58 bits per heavy atom. The van der Waals surface area contributed by atoms with E-state index < -0.39 is 0 Å². The van der Waals surface area contributed by atoms with Gasteiger partial charge in [-0.3, -0.25) is 14.5 Å². The summed E-state index contributed by atoms with van der Waals surface area (Å²) in [7, 11) is 0. The van der Waals surface area contributed by atoms with Crippen molar-refractivity contribution in [2.75, 3.05) is 56.0 Å². The van der Waals surface area contributed by atoms with Crippen LogP contribution in [0.1, 0.15) is 29.8 Å². The second kappa shape index (κ2) is 9.67. The monoisotopic (exact) mass is 445 g/mol. The van der Waals surface area contributed by atoms with Crippen molar-refractivity contribution in [1.29, 1.82) is 0 Å². The minimum atomic E-state index is -0.0175. The van der Waals surface area contributed by atoms with Crippen LogP contribution < -0.4 is 10.2 Å². The van der Waals surface area contributed by atoms with E-state index in [0.29, 0.717) is 38.4 Å². The van der Waals surface area contributed by atoms with Crippen molar-refractivity contribution < 1.29 is 9.59 Å². The number of hydrogen-bond donors (Lipinski definition) is 2. The molecule has 1 aromatic heterocycles. The standard InChI is InChI=1S/C26H31N5O2/c32-25(27-21-8-10-22(11-9-21)30-12-4-1-5-13-30)19-29-14-16-31(17-15-29)26(33)24-18-20-6-2-3-7-23(20)28-24/h2-3,6-11,18,28H,1,4-5,12-17,19H2,(H,27,32). The van der Waals surface area contributed by atoms with Crippen LogP contribution in [0.15, 0.2) is 54.6 Å². The molecule has 0 atom stereocenters. The van der Waals surface area contributed by atoms with Crippen LogP contribution in [-0.4, -0.2) is 72.4 Å². The molecule has 7 heteroatoms. The molecule has 33 heavy (non-hydrogen) atoms. The number of carbonyl (C=O) groups is 2. The lowest BCUT2D eigenvalue weighted by molar-refractivity contribution is -0.117. The van der Waals surface area contributed by atoms with Gasteiger partial charge in [0.05, 0.1) is 6.54 Å². The molecule has 2 aliphatic heterocycles. The van der Waals surface area contributed by atoms with Gasteiger partial charge in [-0.05, 0) is 55.7 Å². The zero-order valence-corrected chi connectivity index (χ0v) is 18.9. The van der Waals surface area contributed by atoms with Crippen molar-refractivity contribution >= 4 is 34.1 Å². The number of aromatic amines is 1. The quantitative estimate of drug-likeness (QED) is 0.630. The highest BCUT2D eigenvalue weighted by molar-refractivity contribution is 5.98. The number of aromatic nitrogens is 1. The van der Waals surface area contributed by atoms with E-state index in [2.05, 4.69) is 32.2 Å². The molecule has 7 nitrogen and oxygen atoms in total. The average Bonchev–Trinajstić information content (AvgIpc) is 3.29. The second-order valence-electron chi connectivity index (χ2n) is 8.98. The largest absolute Gasteiger partial charge is 0.372 e. The summed E-state index contributed by atoms with van der Waals surface area (Å²) in [6.07, 6.45) is 3.81. The van der Waals surface area contributed by atoms with Crippen molar-refractivity contribution in [2.45, 2.75) is 19.3 Å². The number of amides is 2. The first kappa shape index (κ1) is 21.5. The van der Waals surface area contributed by atoms with E-state index in [9.17, 15) is 9.59 Å². The maximum absolute atomic E-state index is 12.9. The predicted molar refractivity (Wildman–Crippen MR) is 132 cm³/mol. The lowest BCUT2D eigenvalue weighted by Gasteiger charge is -2.34. The van der Waals surface area contributed by atoms with Crippen LogP contribution in [0.5, 0.6) is 0 Å². The average molecular weight is 446 g/mol. The SMILES string of the molecule is O=C(CN1CCN(C(=O)c2cc3ccccc3[nH]2)CC1)Nc1ccc(N2CCCCC2)cc1. The zero-order valence-electron chi connectivity index (χ0n) is 18.9. The maximum Gasteiger partial charge on any atom is 0.270 e. The summed E-state index contributed by atoms with van der Waals surface area (Å²) in [5.41, 5.74) is 3.65. The summed E-state index contributed by atoms with van der Waals surface area (Å²) in [4.78, 5) is 35.0. The Hall–Kier alpha value is -3.32. The summed E-state index contributed by atoms with van der Waals surface area (Å²) in [5.74, 6) is 0.000198. The van der Waals surface area contributed by atoms with E-state index in [1.807, 2.05) is 47.4 Å². The Morgan fingerprint density at radius 1 is 0.848 bits per heavy atom. The van der Waals surface area contributed by atoms with Crippen molar-refractivity contribution in [3.05, 3.63) is 60.3 Å². The Labute approximate surface area is 194 Å². The summed E-state index contributed by atoms with van der Waals surface area (Å²) >= 11 is 0. The minimum absolute atomic E-state index is 0.0175. The van der Waals surface area contributed by atoms with Crippen LogP contribution in [0.3, 0.4) is 0 Å². The number of para-hydroxylation sites is 1. The number of carbonyl (C=O) groups excluding carboxylic acids is 2. The van der Waals surface area contributed by atoms with Gasteiger partial charge >= 0.3 is 0 Å². The fraction of sp³-hybridized carbons (Fsp3) is 0.385. The highest BCUT2D eigenvalue weighted by Crippen LogP contribution is 2.22. The van der Waals surface area contributed by atoms with Gasteiger partial charge in [0.15, 0.2) is 0 Å². The molecule has 2 N–H and O–H groups in total. The van der Waals surface area contributed by atoms with E-state index in [0.717, 1.165) is 29.7 Å². The van der Waals surface area contributed by atoms with Crippen molar-refractivity contribution in [3.63, 3.8) is 0 Å². The van der Waals surface area contributed by atoms with Crippen molar-refractivity contribution in [3.8, 4) is 0 Å². The number of anilines is 2. The summed E-state index contributed by atoms with van der Waals surface area (Å²) in [6, 6.07) is 18.0. The first-order valence-corrected chi connectivity index (χ1v) is 11.9. The lowest BCUT2D eigenvalue weighted by atomic mass is 10.1. The number of fused-ring (bicyclic) bond motifs is 1. The summed E-state index contributed by atoms with van der Waals surface area (Å²) in [6.45, 7) is 5.17. The number of nitrogens with zero attached hydrogens (tertiary/aromatic N) is 3. The molecule has 2 aromatic carbocycles. The molecule has 0 saturated carbocycles. The van der Waals surface area contributed by atoms with E-state index in [4.69, 9.17) is 0 Å². The van der Waals surface area contributed by atoms with Gasteiger partial charge in [0, 0.05) is 61.5 Å². The number of nitrogens with one attached hydrogen (secondary N) is 2. The van der Waals surface area contributed by atoms with Gasteiger partial charge in [-0.1, -0.05) is 18.2 Å². The van der Waals surface area contributed by atoms with E-state index in [-0.39, 0.29) is 11.8 Å². The predicted octanol–water partition coefficient (Wildman–Crippen LogP) is 3.55. The third-order valence-corrected chi connectivity index (χ3v) is 6.66. The molecule has 3 heterocycles. The Kier molecular flexibility index (Phi) is 6.30. The number of hydrogen-bond acceptors (Lipinski definition) is 4. The van der Waals surface area contributed by atoms with E-state index >= 15 is 0 Å². The normalized spacial score (nSPS) is 17.3. The molecule has 0 radical (unpaired) electrons. The number of benzene rings is 2. The second-order valence-corrected chi connectivity index (χ2v) is 8.98. The summed E-state index contributed by atoms with van der Waals surface area (Å²) < 4.78 is 0. The minimum Gasteiger partial charge on any atom is -0.372 e. The van der Waals surface area contributed by atoms with Crippen LogP contribution in [0.2, 0.25) is 0 Å². The maximum atomic E-state index is 12.9. The van der Waals surface area contributed by atoms with Crippen LogP contribution in [-0.2, 0) is 4.79 Å². The van der Waals surface area contributed by atoms with Gasteiger partial charge in [0.2, 0.25) is 5.91 Å². The van der Waals surface area contributed by atoms with Gasteiger partial charge in [0.25, 0.3) is 5.91 Å². The Morgan fingerprint density at radius 3 is 2.30 bits per heavy atom. The van der Waals surface area contributed by atoms with Crippen LogP contribution >= 0.6 is 0 Å². The number of piperidine rings is 1. The van der Waals surface area contributed by atoms with E-state index in [1.54, 1.807) is 0 Å². The first-order chi connectivity index (χ1) is 16.2. The molecule has 2 amide bonds. The lowest BCUT2D eigenvalue weighted by Crippen LogP contribution is -2.50. The smallest absolute Gasteiger partial charge is 0.270 e. The Bertz CT molecular complexity index is 1080. The molecule has 2 aliphatic rings. The number of piperazine rings is 1. The van der Waals surface area contributed by atoms with Crippen molar-refractivity contribution in [1.82, 2.24) is 14.8 Å². The third-order valence-electron chi connectivity index (χ3n) is 6.66. The van der Waals surface area contributed by atoms with Gasteiger partial charge < -0.3 is 20.1 Å². The summed E-state index contributed by atoms with van der Waals surface area (Å²) in [5, 5.41) is 4.05. The first-order valence-electron chi connectivity index (χ1n) is 11.9. The van der Waals surface area contributed by atoms with Crippen molar-refractivity contribution in [2.24, 2.45) is 0 Å². The fourth-order valence-corrected chi connectivity index (χ4v) is 4.78. The molecular weight excluding hydrogens is 414 g/mol. The van der Waals surface area contributed by atoms with Crippen LogP contribution in [0.25, 0.3) is 10.9 Å². The van der Waals surface area contributed by atoms with Gasteiger partial charge in [-0.2, -0.15) is 0 Å². The molecule has 0 unspecified atom stereocenters. The molecule has 0 bridgehead atoms. The Balaban J connectivity index is 1.09. The molecule has 3 aromatic rings. The van der Waals surface area contributed by atoms with Crippen LogP contribution in [0, 0.1) is 0 Å². The number of rotatable bonds is 5. The molecule has 0 aliphatic carbocycles. The molecule has 2 saturated heterocycles. The van der Waals surface area contributed by atoms with Gasteiger partial charge in [-0.15, -0.1) is 0 Å². The highest BCUT2D eigenvalue weighted by Gasteiger charge is 2.24. The number of H-pyrrole nitrogens is 1. The zero-order chi connectivity index (χ0) is 22.6. The third kappa shape index (κ3) is 5.03.